The standard InChI is InChI=1S/C59H96O26/c1-23(2)26-11-16-59(54(75)85-52-45(73)41(69)38(66)30(81-52)21-77-49-46(74)42(70)47(29(19-60)80-49)83-50-43(71)39(67)35(63)24(3)78-50)18-17-57(7)27(34(26)59)9-10-32-55(5)14-13-33(56(6,22-61)31(55)12-15-58(32,57)8)82-53-48(37(65)28(62)20-76-53)84-51-44(72)40(68)36(64)25(4)79-51/h24-53,60-74H,1,9-22H2,2-8H3/t24-,25-,26-,27+,28-,29+,30+,31+,32+,33-,34?,35-,36-,37-,38+,39+,40+,41-,42+,43+,44+,45+,46+,47+,48+,49+,50-,51-,52-,53+,55-,56-,57+,58+,59-/m0/s1. The lowest BCUT2D eigenvalue weighted by Crippen LogP contribution is -2.68. The number of carbonyl (C=O) groups is 1. The fraction of sp³-hybridized carbons (Fsp3) is 0.949. The highest BCUT2D eigenvalue weighted by molar-refractivity contribution is 5.78. The third kappa shape index (κ3) is 10.9. The number of aliphatic hydroxyl groups excluding tert-OH is 15. The summed E-state index contributed by atoms with van der Waals surface area (Å²) in [5.74, 6) is -0.760. The van der Waals surface area contributed by atoms with Gasteiger partial charge >= 0.3 is 5.97 Å². The molecule has 0 aromatic heterocycles. The van der Waals surface area contributed by atoms with Gasteiger partial charge < -0.3 is 124 Å². The molecule has 5 aliphatic heterocycles. The van der Waals surface area contributed by atoms with Gasteiger partial charge in [-0.25, -0.2) is 0 Å². The van der Waals surface area contributed by atoms with E-state index in [1.165, 1.54) is 13.8 Å². The predicted octanol–water partition coefficient (Wildman–Crippen LogP) is -2.69. The highest BCUT2D eigenvalue weighted by atomic mass is 16.8. The van der Waals surface area contributed by atoms with Crippen LogP contribution in [0.25, 0.3) is 0 Å². The molecule has 0 spiro atoms. The zero-order valence-corrected chi connectivity index (χ0v) is 49.6. The molecule has 0 radical (unpaired) electrons. The van der Waals surface area contributed by atoms with E-state index >= 15 is 4.79 Å². The van der Waals surface area contributed by atoms with E-state index in [0.29, 0.717) is 38.5 Å². The van der Waals surface area contributed by atoms with E-state index < -0.39 is 184 Å². The summed E-state index contributed by atoms with van der Waals surface area (Å²) in [6.45, 7) is 16.5. The molecule has 10 rings (SSSR count). The van der Waals surface area contributed by atoms with Gasteiger partial charge in [0.25, 0.3) is 0 Å². The largest absolute Gasteiger partial charge is 0.432 e. The first kappa shape index (κ1) is 66.2. The first-order valence-corrected chi connectivity index (χ1v) is 30.7. The van der Waals surface area contributed by atoms with Crippen LogP contribution in [0.15, 0.2) is 12.2 Å². The molecule has 1 unspecified atom stereocenters. The van der Waals surface area contributed by atoms with Crippen molar-refractivity contribution in [3.8, 4) is 0 Å². The van der Waals surface area contributed by atoms with Crippen LogP contribution in [-0.4, -0.2) is 263 Å². The van der Waals surface area contributed by atoms with Crippen LogP contribution >= 0.6 is 0 Å². The summed E-state index contributed by atoms with van der Waals surface area (Å²) >= 11 is 0. The van der Waals surface area contributed by atoms with Crippen molar-refractivity contribution in [1.29, 1.82) is 0 Å². The van der Waals surface area contributed by atoms with Crippen molar-refractivity contribution in [2.45, 2.75) is 266 Å². The van der Waals surface area contributed by atoms with Crippen molar-refractivity contribution in [2.75, 3.05) is 26.4 Å². The molecule has 26 nitrogen and oxygen atoms in total. The van der Waals surface area contributed by atoms with Gasteiger partial charge in [0.15, 0.2) is 25.2 Å². The fourth-order valence-electron chi connectivity index (χ4n) is 18.4. The van der Waals surface area contributed by atoms with Crippen LogP contribution in [0, 0.1) is 56.7 Å². The Balaban J connectivity index is 0.820. The number of rotatable bonds is 14. The van der Waals surface area contributed by atoms with Gasteiger partial charge in [-0.3, -0.25) is 4.79 Å². The number of carbonyl (C=O) groups excluding carboxylic acids is 1. The maximum atomic E-state index is 15.2. The Morgan fingerprint density at radius 3 is 1.74 bits per heavy atom. The Kier molecular flexibility index (Phi) is 19.2. The quantitative estimate of drug-likeness (QED) is 0.0478. The third-order valence-corrected chi connectivity index (χ3v) is 23.6. The Labute approximate surface area is 494 Å². The van der Waals surface area contributed by atoms with Crippen LogP contribution in [0.3, 0.4) is 0 Å². The summed E-state index contributed by atoms with van der Waals surface area (Å²) in [6.07, 6.45) is -31.6. The Morgan fingerprint density at radius 1 is 0.541 bits per heavy atom. The van der Waals surface area contributed by atoms with Crippen LogP contribution in [0.1, 0.15) is 113 Å². The minimum atomic E-state index is -1.90. The Bertz CT molecular complexity index is 2340. The van der Waals surface area contributed by atoms with Crippen molar-refractivity contribution in [3.05, 3.63) is 12.2 Å². The molecule has 0 amide bonds. The van der Waals surface area contributed by atoms with E-state index in [1.807, 2.05) is 13.8 Å². The molecule has 10 fully saturated rings. The monoisotopic (exact) mass is 1220 g/mol. The van der Waals surface area contributed by atoms with Gasteiger partial charge in [-0.15, -0.1) is 0 Å². The first-order valence-electron chi connectivity index (χ1n) is 30.7. The van der Waals surface area contributed by atoms with Crippen LogP contribution in [0.4, 0.5) is 0 Å². The van der Waals surface area contributed by atoms with Crippen molar-refractivity contribution >= 4 is 5.97 Å². The number of esters is 1. The van der Waals surface area contributed by atoms with E-state index in [-0.39, 0.29) is 59.0 Å². The predicted molar refractivity (Wildman–Crippen MR) is 288 cm³/mol. The molecule has 35 atom stereocenters. The number of hydrogen-bond acceptors (Lipinski definition) is 26. The van der Waals surface area contributed by atoms with Crippen LogP contribution in [0.5, 0.6) is 0 Å². The molecular formula is C59H96O26. The molecule has 488 valence electrons. The minimum Gasteiger partial charge on any atom is -0.432 e. The molecule has 15 N–H and O–H groups in total. The topological polar surface area (TPSA) is 413 Å². The fourth-order valence-corrected chi connectivity index (χ4v) is 18.4. The molecule has 10 aliphatic rings. The molecule has 5 saturated carbocycles. The van der Waals surface area contributed by atoms with Gasteiger partial charge in [-0.2, -0.15) is 0 Å². The summed E-state index contributed by atoms with van der Waals surface area (Å²) in [4.78, 5) is 15.2. The first-order chi connectivity index (χ1) is 39.9. The van der Waals surface area contributed by atoms with Crippen molar-refractivity contribution in [1.82, 2.24) is 0 Å². The van der Waals surface area contributed by atoms with Crippen LogP contribution < -0.4 is 0 Å². The van der Waals surface area contributed by atoms with Gasteiger partial charge in [-0.1, -0.05) is 39.8 Å². The molecule has 0 aromatic carbocycles. The lowest BCUT2D eigenvalue weighted by molar-refractivity contribution is -0.366. The van der Waals surface area contributed by atoms with Crippen molar-refractivity contribution < 1.29 is 129 Å². The lowest BCUT2D eigenvalue weighted by Gasteiger charge is -2.73. The number of hydrogen-bond donors (Lipinski definition) is 15. The van der Waals surface area contributed by atoms with Gasteiger partial charge in [0.2, 0.25) is 6.29 Å². The SMILES string of the molecule is C=C(C)[C@@H]1CC[C@]2(C(=O)O[C@@H]3O[C@H](CO[C@@H]4O[C@H](CO)[C@@H](O[C@@H]5O[C@@H](C)[C@H](O)[C@@H](O)[C@H]5O)[C@H](O)[C@H]4O)[C@@H](O)[C@H](O)[C@H]3O)CC[C@]3(C)[C@H](CC[C@@H]4[C@@]5(C)CC[C@H](O[C@H]6OC[C@H](O)[C@H](O)[C@H]6O[C@@H]6O[C@@H](C)[C@H](O)[C@@H](O)[C@H]6O)[C@@](C)(CO)[C@@H]5CC[C@]43C)C12. The summed E-state index contributed by atoms with van der Waals surface area (Å²) < 4.78 is 59.5. The second kappa shape index (κ2) is 24.7. The van der Waals surface area contributed by atoms with E-state index in [1.54, 1.807) is 0 Å². The molecule has 5 heterocycles. The van der Waals surface area contributed by atoms with E-state index in [9.17, 15) is 76.6 Å². The van der Waals surface area contributed by atoms with Gasteiger partial charge in [0.1, 0.15) is 104 Å². The average Bonchev–Trinajstić information content (AvgIpc) is 1.62. The molecule has 5 saturated heterocycles. The maximum Gasteiger partial charge on any atom is 0.314 e. The van der Waals surface area contributed by atoms with Crippen LogP contribution in [0.2, 0.25) is 0 Å². The van der Waals surface area contributed by atoms with Gasteiger partial charge in [-0.05, 0) is 131 Å². The van der Waals surface area contributed by atoms with Gasteiger partial charge in [0, 0.05) is 5.41 Å². The summed E-state index contributed by atoms with van der Waals surface area (Å²) in [5.41, 5.74) is -1.80. The van der Waals surface area contributed by atoms with Crippen molar-refractivity contribution in [3.63, 3.8) is 0 Å². The molecule has 0 bridgehead atoms. The lowest BCUT2D eigenvalue weighted by atomic mass is 9.32. The number of fused-ring (bicyclic) bond motifs is 7. The van der Waals surface area contributed by atoms with E-state index in [2.05, 4.69) is 27.4 Å². The highest BCUT2D eigenvalue weighted by Gasteiger charge is 2.73. The molecule has 85 heavy (non-hydrogen) atoms. The van der Waals surface area contributed by atoms with E-state index in [4.69, 9.17) is 47.4 Å². The molecular weight excluding hydrogens is 1120 g/mol. The van der Waals surface area contributed by atoms with Crippen molar-refractivity contribution in [2.24, 2.45) is 56.7 Å². The maximum absolute atomic E-state index is 15.2. The number of allylic oxidation sites excluding steroid dienone is 1. The summed E-state index contributed by atoms with van der Waals surface area (Å²) in [7, 11) is 0. The average molecular weight is 1220 g/mol. The Morgan fingerprint density at radius 2 is 1.13 bits per heavy atom. The third-order valence-electron chi connectivity index (χ3n) is 23.6. The zero-order chi connectivity index (χ0) is 61.9. The summed E-state index contributed by atoms with van der Waals surface area (Å²) in [5, 5.41) is 163. The second-order valence-electron chi connectivity index (χ2n) is 28.0. The molecule has 26 heteroatoms. The number of aliphatic hydroxyl groups is 15. The normalized spacial score (nSPS) is 56.3. The molecule has 5 aliphatic carbocycles. The molecule has 0 aromatic rings. The van der Waals surface area contributed by atoms with Crippen LogP contribution in [-0.2, 0) is 52.2 Å². The minimum absolute atomic E-state index is 0.0172. The number of ether oxygens (including phenoxy) is 10. The highest BCUT2D eigenvalue weighted by Crippen LogP contribution is 2.78. The smallest absolute Gasteiger partial charge is 0.314 e. The van der Waals surface area contributed by atoms with E-state index in [0.717, 1.165) is 31.3 Å². The summed E-state index contributed by atoms with van der Waals surface area (Å²) in [6, 6.07) is 0. The Hall–Kier alpha value is -1.75. The second-order valence-corrected chi connectivity index (χ2v) is 28.0. The zero-order valence-electron chi connectivity index (χ0n) is 49.6. The van der Waals surface area contributed by atoms with Gasteiger partial charge in [0.05, 0.1) is 50.2 Å².